The maximum Gasteiger partial charge on any atom is 0.126 e. The van der Waals surface area contributed by atoms with Gasteiger partial charge in [0.05, 0.1) is 5.69 Å². The molecule has 3 heterocycles. The Labute approximate surface area is 126 Å². The van der Waals surface area contributed by atoms with Crippen LogP contribution in [0, 0.1) is 12.8 Å². The molecule has 0 amide bonds. The standard InChI is InChI=1S/C16H23N5/c1-13-4-3-5-16(19-13)17-10-14-7-9-21(11-14)12-15-6-8-18-20(15)2/h3-6,8,14H,7,9-12H2,1-2H3,(H,17,19)/t14-/m1/s1. The Morgan fingerprint density at radius 1 is 1.33 bits per heavy atom. The first kappa shape index (κ1) is 14.1. The summed E-state index contributed by atoms with van der Waals surface area (Å²) in [6.07, 6.45) is 3.12. The molecule has 0 radical (unpaired) electrons. The molecule has 2 aromatic rings. The van der Waals surface area contributed by atoms with Crippen molar-refractivity contribution in [1.29, 1.82) is 0 Å². The highest BCUT2D eigenvalue weighted by atomic mass is 15.3. The molecule has 0 bridgehead atoms. The summed E-state index contributed by atoms with van der Waals surface area (Å²) in [6, 6.07) is 8.21. The van der Waals surface area contributed by atoms with E-state index in [-0.39, 0.29) is 0 Å². The van der Waals surface area contributed by atoms with Gasteiger partial charge in [0, 0.05) is 38.6 Å². The van der Waals surface area contributed by atoms with Crippen LogP contribution in [0.25, 0.3) is 0 Å². The second-order valence-corrected chi connectivity index (χ2v) is 5.88. The number of aryl methyl sites for hydroxylation is 2. The van der Waals surface area contributed by atoms with Crippen molar-refractivity contribution in [3.63, 3.8) is 0 Å². The summed E-state index contributed by atoms with van der Waals surface area (Å²) in [5.41, 5.74) is 2.34. The van der Waals surface area contributed by atoms with Gasteiger partial charge in [-0.05, 0) is 44.0 Å². The lowest BCUT2D eigenvalue weighted by Crippen LogP contribution is -2.23. The average molecular weight is 285 g/mol. The fraction of sp³-hybridized carbons (Fsp3) is 0.500. The van der Waals surface area contributed by atoms with E-state index in [4.69, 9.17) is 0 Å². The van der Waals surface area contributed by atoms with Gasteiger partial charge in [-0.2, -0.15) is 5.10 Å². The molecule has 1 N–H and O–H groups in total. The molecule has 0 spiro atoms. The molecule has 0 aliphatic carbocycles. The number of nitrogens with one attached hydrogen (secondary N) is 1. The molecule has 0 saturated carbocycles. The van der Waals surface area contributed by atoms with Gasteiger partial charge in [-0.25, -0.2) is 4.98 Å². The maximum atomic E-state index is 4.49. The average Bonchev–Trinajstić information content (AvgIpc) is 3.07. The minimum atomic E-state index is 0.695. The van der Waals surface area contributed by atoms with Crippen LogP contribution >= 0.6 is 0 Å². The summed E-state index contributed by atoms with van der Waals surface area (Å²) in [5, 5.41) is 7.69. The Morgan fingerprint density at radius 3 is 3.00 bits per heavy atom. The van der Waals surface area contributed by atoms with Gasteiger partial charge in [-0.15, -0.1) is 0 Å². The van der Waals surface area contributed by atoms with E-state index >= 15 is 0 Å². The molecule has 5 nitrogen and oxygen atoms in total. The summed E-state index contributed by atoms with van der Waals surface area (Å²) in [4.78, 5) is 7.00. The van der Waals surface area contributed by atoms with Gasteiger partial charge in [-0.3, -0.25) is 9.58 Å². The Hall–Kier alpha value is -1.88. The number of rotatable bonds is 5. The van der Waals surface area contributed by atoms with Crippen molar-refractivity contribution in [3.05, 3.63) is 41.9 Å². The fourth-order valence-corrected chi connectivity index (χ4v) is 2.90. The summed E-state index contributed by atoms with van der Waals surface area (Å²) in [7, 11) is 2.01. The number of hydrogen-bond donors (Lipinski definition) is 1. The van der Waals surface area contributed by atoms with Crippen LogP contribution in [-0.2, 0) is 13.6 Å². The molecule has 0 aromatic carbocycles. The molecule has 1 aliphatic rings. The summed E-state index contributed by atoms with van der Waals surface area (Å²) >= 11 is 0. The van der Waals surface area contributed by atoms with Crippen molar-refractivity contribution in [2.75, 3.05) is 25.0 Å². The normalized spacial score (nSPS) is 19.0. The Bertz CT molecular complexity index is 592. The number of hydrogen-bond acceptors (Lipinski definition) is 4. The second kappa shape index (κ2) is 6.26. The molecular formula is C16H23N5. The summed E-state index contributed by atoms with van der Waals surface area (Å²) in [6.45, 7) is 6.33. The number of anilines is 1. The van der Waals surface area contributed by atoms with Gasteiger partial charge in [0.25, 0.3) is 0 Å². The van der Waals surface area contributed by atoms with E-state index in [0.29, 0.717) is 5.92 Å². The van der Waals surface area contributed by atoms with E-state index in [1.54, 1.807) is 0 Å². The molecule has 0 unspecified atom stereocenters. The van der Waals surface area contributed by atoms with Crippen LogP contribution in [0.1, 0.15) is 17.8 Å². The van der Waals surface area contributed by atoms with Crippen LogP contribution in [0.3, 0.4) is 0 Å². The smallest absolute Gasteiger partial charge is 0.126 e. The molecule has 3 rings (SSSR count). The van der Waals surface area contributed by atoms with Crippen LogP contribution in [0.5, 0.6) is 0 Å². The number of likely N-dealkylation sites (tertiary alicyclic amines) is 1. The zero-order chi connectivity index (χ0) is 14.7. The van der Waals surface area contributed by atoms with E-state index in [1.807, 2.05) is 43.0 Å². The van der Waals surface area contributed by atoms with E-state index < -0.39 is 0 Å². The van der Waals surface area contributed by atoms with Crippen LogP contribution in [0.15, 0.2) is 30.5 Å². The zero-order valence-corrected chi connectivity index (χ0v) is 12.8. The minimum Gasteiger partial charge on any atom is -0.370 e. The van der Waals surface area contributed by atoms with Gasteiger partial charge in [0.2, 0.25) is 0 Å². The highest BCUT2D eigenvalue weighted by Gasteiger charge is 2.22. The second-order valence-electron chi connectivity index (χ2n) is 5.88. The molecular weight excluding hydrogens is 262 g/mol. The lowest BCUT2D eigenvalue weighted by atomic mass is 10.1. The van der Waals surface area contributed by atoms with Gasteiger partial charge in [0.15, 0.2) is 0 Å². The van der Waals surface area contributed by atoms with Gasteiger partial charge in [0.1, 0.15) is 5.82 Å². The topological polar surface area (TPSA) is 46.0 Å². The van der Waals surface area contributed by atoms with Crippen molar-refractivity contribution in [2.24, 2.45) is 13.0 Å². The molecule has 5 heteroatoms. The van der Waals surface area contributed by atoms with Gasteiger partial charge in [-0.1, -0.05) is 6.07 Å². The number of pyridine rings is 1. The maximum absolute atomic E-state index is 4.49. The van der Waals surface area contributed by atoms with E-state index in [1.165, 1.54) is 18.7 Å². The van der Waals surface area contributed by atoms with Crippen molar-refractivity contribution in [1.82, 2.24) is 19.7 Å². The molecule has 1 fully saturated rings. The molecule has 112 valence electrons. The predicted molar refractivity (Wildman–Crippen MR) is 84.1 cm³/mol. The summed E-state index contributed by atoms with van der Waals surface area (Å²) < 4.78 is 1.96. The third kappa shape index (κ3) is 3.61. The van der Waals surface area contributed by atoms with E-state index in [0.717, 1.165) is 31.1 Å². The fourth-order valence-electron chi connectivity index (χ4n) is 2.90. The Balaban J connectivity index is 1.47. The molecule has 2 aromatic heterocycles. The third-order valence-electron chi connectivity index (χ3n) is 4.14. The van der Waals surface area contributed by atoms with Crippen molar-refractivity contribution in [2.45, 2.75) is 19.9 Å². The first-order valence-electron chi connectivity index (χ1n) is 7.57. The van der Waals surface area contributed by atoms with Crippen LogP contribution in [0.4, 0.5) is 5.82 Å². The number of aromatic nitrogens is 3. The Kier molecular flexibility index (Phi) is 4.20. The highest BCUT2D eigenvalue weighted by molar-refractivity contribution is 5.35. The lowest BCUT2D eigenvalue weighted by Gasteiger charge is -2.16. The monoisotopic (exact) mass is 285 g/mol. The van der Waals surface area contributed by atoms with E-state index in [9.17, 15) is 0 Å². The lowest BCUT2D eigenvalue weighted by molar-refractivity contribution is 0.309. The van der Waals surface area contributed by atoms with Crippen molar-refractivity contribution in [3.8, 4) is 0 Å². The molecule has 1 atom stereocenters. The van der Waals surface area contributed by atoms with Gasteiger partial charge >= 0.3 is 0 Å². The van der Waals surface area contributed by atoms with Crippen LogP contribution in [-0.4, -0.2) is 39.3 Å². The van der Waals surface area contributed by atoms with Crippen LogP contribution in [0.2, 0.25) is 0 Å². The number of nitrogens with zero attached hydrogens (tertiary/aromatic N) is 4. The first-order chi connectivity index (χ1) is 10.2. The van der Waals surface area contributed by atoms with E-state index in [2.05, 4.69) is 26.4 Å². The highest BCUT2D eigenvalue weighted by Crippen LogP contribution is 2.19. The first-order valence-corrected chi connectivity index (χ1v) is 7.57. The summed E-state index contributed by atoms with van der Waals surface area (Å²) in [5.74, 6) is 1.68. The minimum absolute atomic E-state index is 0.695. The Morgan fingerprint density at radius 2 is 2.24 bits per heavy atom. The van der Waals surface area contributed by atoms with Crippen LogP contribution < -0.4 is 5.32 Å². The molecule has 21 heavy (non-hydrogen) atoms. The third-order valence-corrected chi connectivity index (χ3v) is 4.14. The van der Waals surface area contributed by atoms with Gasteiger partial charge < -0.3 is 5.32 Å². The predicted octanol–water partition coefficient (Wildman–Crippen LogP) is 2.06. The quantitative estimate of drug-likeness (QED) is 0.913. The largest absolute Gasteiger partial charge is 0.370 e. The SMILES string of the molecule is Cc1cccc(NC[C@H]2CCN(Cc3ccnn3C)C2)n1. The zero-order valence-electron chi connectivity index (χ0n) is 12.8. The van der Waals surface area contributed by atoms with Crippen molar-refractivity contribution < 1.29 is 0 Å². The molecule has 1 aliphatic heterocycles. The molecule has 1 saturated heterocycles. The van der Waals surface area contributed by atoms with Crippen molar-refractivity contribution >= 4 is 5.82 Å².